The largest absolute Gasteiger partial charge is 0.492 e. The van der Waals surface area contributed by atoms with E-state index in [-0.39, 0.29) is 6.61 Å². The van der Waals surface area contributed by atoms with Crippen LogP contribution in [0, 0.1) is 0 Å². The second kappa shape index (κ2) is 6.33. The van der Waals surface area contributed by atoms with E-state index in [2.05, 4.69) is 9.97 Å². The average Bonchev–Trinajstić information content (AvgIpc) is 2.46. The third kappa shape index (κ3) is 3.18. The van der Waals surface area contributed by atoms with E-state index < -0.39 is 0 Å². The molecule has 5 heteroatoms. The van der Waals surface area contributed by atoms with Crippen LogP contribution in [0.1, 0.15) is 5.69 Å². The fourth-order valence-electron chi connectivity index (χ4n) is 1.48. The summed E-state index contributed by atoms with van der Waals surface area (Å²) in [5.41, 5.74) is 1.48. The number of aliphatic hydroxyl groups is 1. The zero-order chi connectivity index (χ0) is 12.8. The number of alkyl halides is 1. The predicted octanol–water partition coefficient (Wildman–Crippen LogP) is 2.25. The Labute approximate surface area is 110 Å². The maximum Gasteiger partial charge on any atom is 0.159 e. The summed E-state index contributed by atoms with van der Waals surface area (Å²) < 4.78 is 5.38. The Morgan fingerprint density at radius 2 is 1.94 bits per heavy atom. The van der Waals surface area contributed by atoms with Crippen LogP contribution < -0.4 is 4.74 Å². The molecule has 0 unspecified atom stereocenters. The molecule has 1 heterocycles. The minimum atomic E-state index is -0.0908. The van der Waals surface area contributed by atoms with E-state index in [1.165, 1.54) is 0 Å². The van der Waals surface area contributed by atoms with Crippen LogP contribution in [0.3, 0.4) is 0 Å². The third-order valence-corrected chi connectivity index (χ3v) is 2.49. The van der Waals surface area contributed by atoms with Gasteiger partial charge in [-0.05, 0) is 30.3 Å². The molecule has 1 aromatic carbocycles. The van der Waals surface area contributed by atoms with Crippen LogP contribution in [0.25, 0.3) is 11.4 Å². The van der Waals surface area contributed by atoms with Gasteiger partial charge in [0.05, 0.1) is 18.2 Å². The highest BCUT2D eigenvalue weighted by atomic mass is 35.5. The molecule has 0 saturated heterocycles. The van der Waals surface area contributed by atoms with Crippen LogP contribution in [0.2, 0.25) is 0 Å². The number of hydrogen-bond donors (Lipinski definition) is 1. The lowest BCUT2D eigenvalue weighted by Gasteiger charge is -2.05. The molecule has 0 bridgehead atoms. The highest BCUT2D eigenvalue weighted by molar-refractivity contribution is 6.18. The molecule has 2 aromatic rings. The summed E-state index contributed by atoms with van der Waals surface area (Å²) in [7, 11) is 0. The Kier molecular flexibility index (Phi) is 4.50. The van der Waals surface area contributed by atoms with Gasteiger partial charge in [-0.15, -0.1) is 11.6 Å². The molecular weight excluding hydrogens is 252 g/mol. The summed E-state index contributed by atoms with van der Waals surface area (Å²) in [5.74, 6) is 1.81. The zero-order valence-electron chi connectivity index (χ0n) is 9.71. The number of aromatic nitrogens is 2. The molecule has 0 radical (unpaired) electrons. The minimum Gasteiger partial charge on any atom is -0.492 e. The maximum absolute atomic E-state index is 9.03. The second-order valence-electron chi connectivity index (χ2n) is 3.59. The Bertz CT molecular complexity index is 503. The summed E-state index contributed by atoms with van der Waals surface area (Å²) in [6.07, 6.45) is 1.63. The van der Waals surface area contributed by atoms with Gasteiger partial charge in [0, 0.05) is 11.8 Å². The third-order valence-electron chi connectivity index (χ3n) is 2.33. The van der Waals surface area contributed by atoms with E-state index in [1.807, 2.05) is 24.3 Å². The van der Waals surface area contributed by atoms with Crippen molar-refractivity contribution in [3.8, 4) is 17.1 Å². The Morgan fingerprint density at radius 3 is 2.61 bits per heavy atom. The average molecular weight is 265 g/mol. The van der Waals surface area contributed by atoms with Crippen molar-refractivity contribution in [3.63, 3.8) is 0 Å². The highest BCUT2D eigenvalue weighted by Gasteiger charge is 2.02. The number of hydrogen-bond acceptors (Lipinski definition) is 4. The molecule has 18 heavy (non-hydrogen) atoms. The Hall–Kier alpha value is -1.65. The van der Waals surface area contributed by atoms with E-state index in [4.69, 9.17) is 21.4 Å². The van der Waals surface area contributed by atoms with E-state index in [0.29, 0.717) is 24.0 Å². The molecular formula is C13H13ClN2O2. The minimum absolute atomic E-state index is 0.0908. The molecule has 0 atom stereocenters. The molecule has 0 saturated carbocycles. The molecule has 94 valence electrons. The Balaban J connectivity index is 2.17. The number of ether oxygens (including phenoxy) is 1. The molecule has 0 aliphatic carbocycles. The monoisotopic (exact) mass is 264 g/mol. The number of benzene rings is 1. The molecule has 4 nitrogen and oxygen atoms in total. The van der Waals surface area contributed by atoms with Crippen molar-refractivity contribution in [3.05, 3.63) is 42.2 Å². The van der Waals surface area contributed by atoms with Gasteiger partial charge in [-0.3, -0.25) is 0 Å². The zero-order valence-corrected chi connectivity index (χ0v) is 10.5. The summed E-state index contributed by atoms with van der Waals surface area (Å²) in [4.78, 5) is 8.40. The van der Waals surface area contributed by atoms with Crippen molar-refractivity contribution in [2.45, 2.75) is 6.61 Å². The van der Waals surface area contributed by atoms with Gasteiger partial charge in [0.15, 0.2) is 5.82 Å². The first-order valence-corrected chi connectivity index (χ1v) is 6.09. The standard InChI is InChI=1S/C13H13ClN2O2/c14-6-8-18-12-3-1-10(2-4-12)13-15-7-5-11(9-17)16-13/h1-5,7,17H,6,8-9H2. The molecule has 0 fully saturated rings. The van der Waals surface area contributed by atoms with Gasteiger partial charge >= 0.3 is 0 Å². The lowest BCUT2D eigenvalue weighted by atomic mass is 10.2. The number of aliphatic hydroxyl groups excluding tert-OH is 1. The van der Waals surface area contributed by atoms with Crippen molar-refractivity contribution >= 4 is 11.6 Å². The molecule has 0 aliphatic rings. The molecule has 0 aliphatic heterocycles. The van der Waals surface area contributed by atoms with E-state index >= 15 is 0 Å². The van der Waals surface area contributed by atoms with Crippen LogP contribution in [0.4, 0.5) is 0 Å². The topological polar surface area (TPSA) is 55.2 Å². The molecule has 0 spiro atoms. The van der Waals surface area contributed by atoms with Gasteiger partial charge in [0.2, 0.25) is 0 Å². The summed E-state index contributed by atoms with van der Waals surface area (Å²) in [6, 6.07) is 9.12. The van der Waals surface area contributed by atoms with Crippen LogP contribution >= 0.6 is 11.6 Å². The fraction of sp³-hybridized carbons (Fsp3) is 0.231. The maximum atomic E-state index is 9.03. The normalized spacial score (nSPS) is 10.3. The number of rotatable bonds is 5. The lowest BCUT2D eigenvalue weighted by molar-refractivity contribution is 0.277. The first-order chi connectivity index (χ1) is 8.83. The van der Waals surface area contributed by atoms with Gasteiger partial charge < -0.3 is 9.84 Å². The molecule has 2 rings (SSSR count). The van der Waals surface area contributed by atoms with Gasteiger partial charge in [0.1, 0.15) is 12.4 Å². The number of nitrogens with zero attached hydrogens (tertiary/aromatic N) is 2. The SMILES string of the molecule is OCc1ccnc(-c2ccc(OCCCl)cc2)n1. The lowest BCUT2D eigenvalue weighted by Crippen LogP contribution is -1.98. The molecule has 0 amide bonds. The van der Waals surface area contributed by atoms with Crippen molar-refractivity contribution in [1.29, 1.82) is 0 Å². The summed E-state index contributed by atoms with van der Waals surface area (Å²) in [6.45, 7) is 0.393. The van der Waals surface area contributed by atoms with Crippen molar-refractivity contribution in [1.82, 2.24) is 9.97 Å². The van der Waals surface area contributed by atoms with E-state index in [1.54, 1.807) is 12.3 Å². The van der Waals surface area contributed by atoms with Crippen LogP contribution in [0.15, 0.2) is 36.5 Å². The first kappa shape index (κ1) is 12.8. The van der Waals surface area contributed by atoms with E-state index in [9.17, 15) is 0 Å². The first-order valence-electron chi connectivity index (χ1n) is 5.55. The number of halogens is 1. The van der Waals surface area contributed by atoms with Gasteiger partial charge in [-0.25, -0.2) is 9.97 Å². The predicted molar refractivity (Wildman–Crippen MR) is 69.6 cm³/mol. The van der Waals surface area contributed by atoms with E-state index in [0.717, 1.165) is 11.3 Å². The Morgan fingerprint density at radius 1 is 1.17 bits per heavy atom. The summed E-state index contributed by atoms with van der Waals surface area (Å²) in [5, 5.41) is 9.03. The smallest absolute Gasteiger partial charge is 0.159 e. The summed E-state index contributed by atoms with van der Waals surface area (Å²) >= 11 is 5.54. The second-order valence-corrected chi connectivity index (χ2v) is 3.97. The van der Waals surface area contributed by atoms with Gasteiger partial charge in [0.25, 0.3) is 0 Å². The quantitative estimate of drug-likeness (QED) is 0.842. The molecule has 1 aromatic heterocycles. The van der Waals surface area contributed by atoms with Gasteiger partial charge in [-0.2, -0.15) is 0 Å². The van der Waals surface area contributed by atoms with Crippen LogP contribution in [-0.4, -0.2) is 27.6 Å². The van der Waals surface area contributed by atoms with Crippen molar-refractivity contribution in [2.75, 3.05) is 12.5 Å². The van der Waals surface area contributed by atoms with Crippen molar-refractivity contribution in [2.24, 2.45) is 0 Å². The van der Waals surface area contributed by atoms with Crippen molar-refractivity contribution < 1.29 is 9.84 Å². The highest BCUT2D eigenvalue weighted by Crippen LogP contribution is 2.19. The van der Waals surface area contributed by atoms with Crippen LogP contribution in [-0.2, 0) is 6.61 Å². The fourth-order valence-corrected chi connectivity index (χ4v) is 1.56. The van der Waals surface area contributed by atoms with Gasteiger partial charge in [-0.1, -0.05) is 0 Å². The molecule has 1 N–H and O–H groups in total. The van der Waals surface area contributed by atoms with Crippen LogP contribution in [0.5, 0.6) is 5.75 Å².